The average molecular weight is 257 g/mol. The molecule has 1 unspecified atom stereocenters. The maximum atomic E-state index is 11.8. The second kappa shape index (κ2) is 5.92. The Hall–Kier alpha value is -1.22. The number of rotatable bonds is 5. The van der Waals surface area contributed by atoms with Crippen LogP contribution in [0.5, 0.6) is 5.75 Å². The van der Waals surface area contributed by atoms with Crippen molar-refractivity contribution in [3.05, 3.63) is 29.3 Å². The molecule has 4 heteroatoms. The van der Waals surface area contributed by atoms with E-state index in [1.807, 2.05) is 6.92 Å². The normalized spacial score (nSPS) is 13.9. The van der Waals surface area contributed by atoms with Crippen molar-refractivity contribution in [2.45, 2.75) is 32.8 Å². The van der Waals surface area contributed by atoms with Crippen molar-refractivity contribution < 1.29 is 14.3 Å². The molecule has 1 rings (SSSR count). The first-order valence-electron chi connectivity index (χ1n) is 5.63. The van der Waals surface area contributed by atoms with Crippen molar-refractivity contribution in [2.75, 3.05) is 6.61 Å². The van der Waals surface area contributed by atoms with E-state index in [2.05, 4.69) is 0 Å². The van der Waals surface area contributed by atoms with Gasteiger partial charge in [-0.3, -0.25) is 0 Å². The molecule has 0 fully saturated rings. The lowest BCUT2D eigenvalue weighted by molar-refractivity contribution is -0.160. The summed E-state index contributed by atoms with van der Waals surface area (Å²) in [6.07, 6.45) is 0.536. The fraction of sp³-hybridized carbons (Fsp3) is 0.462. The molecule has 3 nitrogen and oxygen atoms in total. The molecule has 0 heterocycles. The maximum absolute atomic E-state index is 11.8. The van der Waals surface area contributed by atoms with Gasteiger partial charge in [-0.15, -0.1) is 0 Å². The highest BCUT2D eigenvalue weighted by Crippen LogP contribution is 2.24. The second-order valence-corrected chi connectivity index (χ2v) is 4.30. The Bertz CT molecular complexity index is 375. The van der Waals surface area contributed by atoms with Crippen LogP contribution in [-0.2, 0) is 9.53 Å². The van der Waals surface area contributed by atoms with Gasteiger partial charge in [0.1, 0.15) is 5.75 Å². The highest BCUT2D eigenvalue weighted by molar-refractivity contribution is 6.30. The van der Waals surface area contributed by atoms with Gasteiger partial charge in [0.25, 0.3) is 0 Å². The van der Waals surface area contributed by atoms with Crippen molar-refractivity contribution in [1.82, 2.24) is 0 Å². The molecule has 0 aliphatic rings. The minimum atomic E-state index is -0.955. The highest BCUT2D eigenvalue weighted by atomic mass is 35.5. The van der Waals surface area contributed by atoms with Gasteiger partial charge in [-0.05, 0) is 44.5 Å². The minimum Gasteiger partial charge on any atom is -0.476 e. The summed E-state index contributed by atoms with van der Waals surface area (Å²) in [7, 11) is 0. The molecule has 1 atom stereocenters. The van der Waals surface area contributed by atoms with Gasteiger partial charge in [-0.1, -0.05) is 18.5 Å². The number of hydrogen-bond donors (Lipinski definition) is 0. The lowest BCUT2D eigenvalue weighted by Crippen LogP contribution is -2.42. The molecule has 0 saturated heterocycles. The molecular formula is C13H17ClO3. The van der Waals surface area contributed by atoms with Crippen LogP contribution in [0.2, 0.25) is 5.02 Å². The number of halogens is 1. The van der Waals surface area contributed by atoms with Gasteiger partial charge in [-0.25, -0.2) is 4.79 Å². The predicted octanol–water partition coefficient (Wildman–Crippen LogP) is 3.45. The summed E-state index contributed by atoms with van der Waals surface area (Å²) >= 11 is 5.78. The fourth-order valence-electron chi connectivity index (χ4n) is 1.30. The van der Waals surface area contributed by atoms with Gasteiger partial charge < -0.3 is 9.47 Å². The van der Waals surface area contributed by atoms with Gasteiger partial charge in [0.05, 0.1) is 6.61 Å². The Morgan fingerprint density at radius 1 is 1.29 bits per heavy atom. The molecule has 94 valence electrons. The Labute approximate surface area is 107 Å². The van der Waals surface area contributed by atoms with Crippen molar-refractivity contribution in [2.24, 2.45) is 0 Å². The largest absolute Gasteiger partial charge is 0.476 e. The minimum absolute atomic E-state index is 0.346. The van der Waals surface area contributed by atoms with Crippen LogP contribution in [-0.4, -0.2) is 18.2 Å². The van der Waals surface area contributed by atoms with Crippen LogP contribution >= 0.6 is 11.6 Å². The van der Waals surface area contributed by atoms with E-state index in [0.29, 0.717) is 23.8 Å². The molecule has 17 heavy (non-hydrogen) atoms. The highest BCUT2D eigenvalue weighted by Gasteiger charge is 2.35. The maximum Gasteiger partial charge on any atom is 0.350 e. The number of ether oxygens (including phenoxy) is 2. The third-order valence-electron chi connectivity index (χ3n) is 2.54. The van der Waals surface area contributed by atoms with E-state index < -0.39 is 5.60 Å². The van der Waals surface area contributed by atoms with Crippen LogP contribution in [0.25, 0.3) is 0 Å². The Balaban J connectivity index is 2.81. The average Bonchev–Trinajstić information content (AvgIpc) is 2.32. The van der Waals surface area contributed by atoms with E-state index in [0.717, 1.165) is 0 Å². The zero-order valence-electron chi connectivity index (χ0n) is 10.3. The lowest BCUT2D eigenvalue weighted by atomic mass is 10.0. The third-order valence-corrected chi connectivity index (χ3v) is 2.79. The first kappa shape index (κ1) is 13.8. The van der Waals surface area contributed by atoms with Crippen molar-refractivity contribution in [3.63, 3.8) is 0 Å². The van der Waals surface area contributed by atoms with Crippen LogP contribution in [0.3, 0.4) is 0 Å². The number of esters is 1. The van der Waals surface area contributed by atoms with Gasteiger partial charge in [0, 0.05) is 5.02 Å². The summed E-state index contributed by atoms with van der Waals surface area (Å²) in [5.74, 6) is 0.254. The molecule has 1 aromatic carbocycles. The summed E-state index contributed by atoms with van der Waals surface area (Å²) in [5.41, 5.74) is -0.955. The van der Waals surface area contributed by atoms with E-state index in [1.165, 1.54) is 0 Å². The van der Waals surface area contributed by atoms with E-state index in [1.54, 1.807) is 38.1 Å². The zero-order valence-corrected chi connectivity index (χ0v) is 11.1. The van der Waals surface area contributed by atoms with Gasteiger partial charge in [-0.2, -0.15) is 0 Å². The summed E-state index contributed by atoms with van der Waals surface area (Å²) in [4.78, 5) is 11.8. The predicted molar refractivity (Wildman–Crippen MR) is 67.4 cm³/mol. The standard InChI is InChI=1S/C13H17ClO3/c1-4-13(3,12(15)16-5-2)17-11-8-6-10(14)7-9-11/h6-9H,4-5H2,1-3H3. The third kappa shape index (κ3) is 3.63. The van der Waals surface area contributed by atoms with Crippen LogP contribution in [0.4, 0.5) is 0 Å². The summed E-state index contributed by atoms with van der Waals surface area (Å²) < 4.78 is 10.7. The van der Waals surface area contributed by atoms with Crippen molar-refractivity contribution in [3.8, 4) is 5.75 Å². The first-order valence-corrected chi connectivity index (χ1v) is 6.01. The topological polar surface area (TPSA) is 35.5 Å². The van der Waals surface area contributed by atoms with Gasteiger partial charge in [0.2, 0.25) is 5.60 Å². The number of carbonyl (C=O) groups is 1. The Morgan fingerprint density at radius 3 is 2.35 bits per heavy atom. The second-order valence-electron chi connectivity index (χ2n) is 3.86. The fourth-order valence-corrected chi connectivity index (χ4v) is 1.43. The van der Waals surface area contributed by atoms with Crippen LogP contribution in [0, 0.1) is 0 Å². The monoisotopic (exact) mass is 256 g/mol. The molecular weight excluding hydrogens is 240 g/mol. The first-order chi connectivity index (χ1) is 8.01. The Morgan fingerprint density at radius 2 is 1.88 bits per heavy atom. The van der Waals surface area contributed by atoms with E-state index in [4.69, 9.17) is 21.1 Å². The van der Waals surface area contributed by atoms with Gasteiger partial charge >= 0.3 is 5.97 Å². The summed E-state index contributed by atoms with van der Waals surface area (Å²) in [6.45, 7) is 5.72. The lowest BCUT2D eigenvalue weighted by Gasteiger charge is -2.27. The molecule has 0 radical (unpaired) electrons. The smallest absolute Gasteiger partial charge is 0.350 e. The van der Waals surface area contributed by atoms with Crippen LogP contribution < -0.4 is 4.74 Å². The molecule has 0 amide bonds. The van der Waals surface area contributed by atoms with E-state index >= 15 is 0 Å². The molecule has 0 bridgehead atoms. The van der Waals surface area contributed by atoms with E-state index in [9.17, 15) is 4.79 Å². The Kier molecular flexibility index (Phi) is 4.82. The van der Waals surface area contributed by atoms with E-state index in [-0.39, 0.29) is 5.97 Å². The molecule has 0 aliphatic carbocycles. The van der Waals surface area contributed by atoms with Crippen molar-refractivity contribution in [1.29, 1.82) is 0 Å². The molecule has 0 N–H and O–H groups in total. The molecule has 0 spiro atoms. The molecule has 1 aromatic rings. The summed E-state index contributed by atoms with van der Waals surface area (Å²) in [5, 5.41) is 0.631. The van der Waals surface area contributed by atoms with Gasteiger partial charge in [0.15, 0.2) is 0 Å². The van der Waals surface area contributed by atoms with Crippen LogP contribution in [0.1, 0.15) is 27.2 Å². The molecule has 0 aromatic heterocycles. The van der Waals surface area contributed by atoms with Crippen molar-refractivity contribution >= 4 is 17.6 Å². The number of benzene rings is 1. The number of hydrogen-bond acceptors (Lipinski definition) is 3. The number of carbonyl (C=O) groups excluding carboxylic acids is 1. The molecule has 0 aliphatic heterocycles. The molecule has 0 saturated carbocycles. The van der Waals surface area contributed by atoms with Crippen LogP contribution in [0.15, 0.2) is 24.3 Å². The zero-order chi connectivity index (χ0) is 12.9. The SMILES string of the molecule is CCOC(=O)C(C)(CC)Oc1ccc(Cl)cc1. The summed E-state index contributed by atoms with van der Waals surface area (Å²) in [6, 6.07) is 6.90. The quantitative estimate of drug-likeness (QED) is 0.757.